The van der Waals surface area contributed by atoms with Crippen LogP contribution in [0.2, 0.25) is 0 Å². The first-order valence-corrected chi connectivity index (χ1v) is 7.88. The molecular formula is C14H20N2OS. The summed E-state index contributed by atoms with van der Waals surface area (Å²) in [5, 5.41) is 4.95. The van der Waals surface area contributed by atoms with Crippen molar-refractivity contribution in [3.63, 3.8) is 0 Å². The van der Waals surface area contributed by atoms with Crippen LogP contribution in [0.1, 0.15) is 18.9 Å². The largest absolute Gasteiger partial charge is 0.361 e. The van der Waals surface area contributed by atoms with Crippen molar-refractivity contribution < 1.29 is 4.21 Å². The molecule has 1 heterocycles. The van der Waals surface area contributed by atoms with Gasteiger partial charge in [0.25, 0.3) is 0 Å². The van der Waals surface area contributed by atoms with Crippen LogP contribution in [0.5, 0.6) is 0 Å². The lowest BCUT2D eigenvalue weighted by molar-refractivity contribution is 0.630. The Balaban J connectivity index is 1.85. The number of aromatic nitrogens is 1. The molecule has 0 saturated heterocycles. The Morgan fingerprint density at radius 2 is 2.17 bits per heavy atom. The second kappa shape index (κ2) is 6.16. The zero-order chi connectivity index (χ0) is 13.0. The Hall–Kier alpha value is -1.13. The first-order chi connectivity index (χ1) is 8.68. The average Bonchev–Trinajstić information content (AvgIpc) is 2.77. The molecule has 0 bridgehead atoms. The molecule has 2 aromatic rings. The third-order valence-electron chi connectivity index (χ3n) is 3.28. The van der Waals surface area contributed by atoms with Gasteiger partial charge in [0.1, 0.15) is 0 Å². The number of H-pyrrole nitrogens is 1. The highest BCUT2D eigenvalue weighted by atomic mass is 32.2. The molecule has 0 saturated carbocycles. The summed E-state index contributed by atoms with van der Waals surface area (Å²) in [5.41, 5.74) is 2.47. The lowest BCUT2D eigenvalue weighted by Crippen LogP contribution is -2.20. The van der Waals surface area contributed by atoms with Crippen LogP contribution >= 0.6 is 0 Å². The number of fused-ring (bicyclic) bond motifs is 1. The number of hydrogen-bond acceptors (Lipinski definition) is 2. The van der Waals surface area contributed by atoms with Gasteiger partial charge in [-0.05, 0) is 24.6 Å². The van der Waals surface area contributed by atoms with Crippen LogP contribution in [0.4, 0.5) is 0 Å². The van der Waals surface area contributed by atoms with Gasteiger partial charge in [-0.2, -0.15) is 0 Å². The summed E-state index contributed by atoms with van der Waals surface area (Å²) >= 11 is 0. The van der Waals surface area contributed by atoms with Crippen LogP contribution in [0.3, 0.4) is 0 Å². The molecule has 4 heteroatoms. The maximum absolute atomic E-state index is 11.2. The molecule has 2 N–H and O–H groups in total. The van der Waals surface area contributed by atoms with Gasteiger partial charge in [-0.1, -0.05) is 25.1 Å². The number of nitrogens with one attached hydrogen (secondary N) is 2. The van der Waals surface area contributed by atoms with E-state index in [-0.39, 0.29) is 5.25 Å². The number of aromatic amines is 1. The minimum absolute atomic E-state index is 0.264. The van der Waals surface area contributed by atoms with E-state index in [4.69, 9.17) is 0 Å². The third kappa shape index (κ3) is 3.21. The van der Waals surface area contributed by atoms with Gasteiger partial charge >= 0.3 is 0 Å². The van der Waals surface area contributed by atoms with Gasteiger partial charge in [0, 0.05) is 45.9 Å². The lowest BCUT2D eigenvalue weighted by Gasteiger charge is -2.08. The van der Waals surface area contributed by atoms with Gasteiger partial charge in [-0.25, -0.2) is 0 Å². The highest BCUT2D eigenvalue weighted by Crippen LogP contribution is 2.17. The van der Waals surface area contributed by atoms with E-state index in [2.05, 4.69) is 34.7 Å². The van der Waals surface area contributed by atoms with Gasteiger partial charge in [0.15, 0.2) is 0 Å². The fourth-order valence-corrected chi connectivity index (χ4v) is 2.42. The predicted molar refractivity (Wildman–Crippen MR) is 78.2 cm³/mol. The molecule has 1 aromatic carbocycles. The van der Waals surface area contributed by atoms with Crippen LogP contribution < -0.4 is 5.32 Å². The number of hydrogen-bond donors (Lipinski definition) is 2. The highest BCUT2D eigenvalue weighted by molar-refractivity contribution is 7.84. The highest BCUT2D eigenvalue weighted by Gasteiger charge is 2.06. The molecule has 2 rings (SSSR count). The van der Waals surface area contributed by atoms with E-state index in [1.54, 1.807) is 6.26 Å². The van der Waals surface area contributed by atoms with Crippen LogP contribution in [0.25, 0.3) is 10.9 Å². The van der Waals surface area contributed by atoms with E-state index < -0.39 is 10.8 Å². The molecule has 3 nitrogen and oxygen atoms in total. The maximum atomic E-state index is 11.2. The summed E-state index contributed by atoms with van der Waals surface area (Å²) in [7, 11) is -0.719. The number of para-hydroxylation sites is 1. The normalized spacial score (nSPS) is 14.8. The van der Waals surface area contributed by atoms with Crippen molar-refractivity contribution >= 4 is 21.7 Å². The number of rotatable bonds is 6. The van der Waals surface area contributed by atoms with E-state index in [0.29, 0.717) is 0 Å². The fourth-order valence-electron chi connectivity index (χ4n) is 1.97. The van der Waals surface area contributed by atoms with Crippen molar-refractivity contribution in [2.24, 2.45) is 0 Å². The number of benzene rings is 1. The zero-order valence-electron chi connectivity index (χ0n) is 10.9. The summed E-state index contributed by atoms with van der Waals surface area (Å²) in [5.74, 6) is 0. The van der Waals surface area contributed by atoms with Crippen LogP contribution in [-0.2, 0) is 17.3 Å². The minimum atomic E-state index is -0.719. The van der Waals surface area contributed by atoms with Crippen LogP contribution in [0.15, 0.2) is 30.5 Å². The Morgan fingerprint density at radius 3 is 2.94 bits per heavy atom. The molecular weight excluding hydrogens is 244 g/mol. The molecule has 0 aliphatic heterocycles. The Bertz CT molecular complexity index is 535. The Kier molecular flexibility index (Phi) is 4.55. The van der Waals surface area contributed by atoms with Crippen molar-refractivity contribution in [1.82, 2.24) is 10.3 Å². The lowest BCUT2D eigenvalue weighted by atomic mass is 10.2. The first-order valence-electron chi connectivity index (χ1n) is 6.26. The quantitative estimate of drug-likeness (QED) is 0.787. The molecule has 0 spiro atoms. The van der Waals surface area contributed by atoms with E-state index >= 15 is 0 Å². The van der Waals surface area contributed by atoms with E-state index in [1.165, 1.54) is 16.5 Å². The molecule has 2 unspecified atom stereocenters. The van der Waals surface area contributed by atoms with Crippen molar-refractivity contribution in [1.29, 1.82) is 0 Å². The summed E-state index contributed by atoms with van der Waals surface area (Å²) < 4.78 is 11.2. The summed E-state index contributed by atoms with van der Waals surface area (Å²) in [6.07, 6.45) is 4.77. The topological polar surface area (TPSA) is 44.9 Å². The molecule has 0 amide bonds. The van der Waals surface area contributed by atoms with Crippen LogP contribution in [0, 0.1) is 0 Å². The van der Waals surface area contributed by atoms with Gasteiger partial charge in [-0.3, -0.25) is 4.21 Å². The average molecular weight is 264 g/mol. The first kappa shape index (κ1) is 13.3. The second-order valence-corrected chi connectivity index (χ2v) is 6.44. The Morgan fingerprint density at radius 1 is 1.39 bits per heavy atom. The van der Waals surface area contributed by atoms with Crippen molar-refractivity contribution in [2.75, 3.05) is 12.8 Å². The molecule has 0 aliphatic carbocycles. The minimum Gasteiger partial charge on any atom is -0.361 e. The van der Waals surface area contributed by atoms with E-state index in [0.717, 1.165) is 19.5 Å². The Labute approximate surface area is 110 Å². The second-order valence-electron chi connectivity index (χ2n) is 4.63. The molecule has 0 fully saturated rings. The molecule has 1 aromatic heterocycles. The monoisotopic (exact) mass is 264 g/mol. The summed E-state index contributed by atoms with van der Waals surface area (Å²) in [6.45, 7) is 3.79. The van der Waals surface area contributed by atoms with Crippen molar-refractivity contribution in [3.8, 4) is 0 Å². The standard InChI is InChI=1S/C14H20N2OS/c1-11(18(2)17)7-8-15-9-12-10-16-14-6-4-3-5-13(12)14/h3-6,10-11,15-16H,7-9H2,1-2H3. The van der Waals surface area contributed by atoms with Gasteiger partial charge in [0.05, 0.1) is 0 Å². The van der Waals surface area contributed by atoms with Crippen molar-refractivity contribution in [3.05, 3.63) is 36.0 Å². The van der Waals surface area contributed by atoms with Crippen LogP contribution in [-0.4, -0.2) is 27.2 Å². The SMILES string of the molecule is CC(CCNCc1c[nH]c2ccccc12)S(C)=O. The van der Waals surface area contributed by atoms with Gasteiger partial charge < -0.3 is 10.3 Å². The molecule has 98 valence electrons. The molecule has 18 heavy (non-hydrogen) atoms. The smallest absolute Gasteiger partial charge is 0.0457 e. The molecule has 0 aliphatic rings. The fraction of sp³-hybridized carbons (Fsp3) is 0.429. The molecule has 2 atom stereocenters. The maximum Gasteiger partial charge on any atom is 0.0457 e. The predicted octanol–water partition coefficient (Wildman–Crippen LogP) is 2.41. The summed E-state index contributed by atoms with van der Waals surface area (Å²) in [4.78, 5) is 3.27. The summed E-state index contributed by atoms with van der Waals surface area (Å²) in [6, 6.07) is 8.31. The van der Waals surface area contributed by atoms with Gasteiger partial charge in [0.2, 0.25) is 0 Å². The van der Waals surface area contributed by atoms with Crippen molar-refractivity contribution in [2.45, 2.75) is 25.1 Å². The molecule has 0 radical (unpaired) electrons. The van der Waals surface area contributed by atoms with E-state index in [1.807, 2.05) is 13.0 Å². The van der Waals surface area contributed by atoms with Gasteiger partial charge in [-0.15, -0.1) is 0 Å². The zero-order valence-corrected chi connectivity index (χ0v) is 11.7. The third-order valence-corrected chi connectivity index (χ3v) is 4.65. The van der Waals surface area contributed by atoms with E-state index in [9.17, 15) is 4.21 Å².